The van der Waals surface area contributed by atoms with Crippen molar-refractivity contribution in [3.8, 4) is 0 Å². The highest BCUT2D eigenvalue weighted by Gasteiger charge is 2.39. The molecular formula is C16H16BrN3S. The van der Waals surface area contributed by atoms with Gasteiger partial charge in [0, 0.05) is 10.0 Å². The summed E-state index contributed by atoms with van der Waals surface area (Å²) in [7, 11) is 0. The molecule has 1 aliphatic heterocycles. The zero-order chi connectivity index (χ0) is 15.0. The summed E-state index contributed by atoms with van der Waals surface area (Å²) < 4.78 is 1.04. The van der Waals surface area contributed by atoms with Gasteiger partial charge in [-0.1, -0.05) is 51.8 Å². The molecule has 1 unspecified atom stereocenters. The molecule has 1 atom stereocenters. The standard InChI is InChI=1S/C16H16BrN3S/c1-11-7-9-12(10-8-11)20-15(21)18-16(2,19-20)13-5-3-4-6-14(13)17/h3-10,19H,1-2H3,(H,18,21). The van der Waals surface area contributed by atoms with Crippen LogP contribution in [0.3, 0.4) is 0 Å². The van der Waals surface area contributed by atoms with Crippen molar-refractivity contribution in [2.75, 3.05) is 5.01 Å². The van der Waals surface area contributed by atoms with E-state index in [9.17, 15) is 0 Å². The van der Waals surface area contributed by atoms with Crippen LogP contribution in [-0.4, -0.2) is 5.11 Å². The van der Waals surface area contributed by atoms with Gasteiger partial charge in [0.25, 0.3) is 0 Å². The molecule has 0 radical (unpaired) electrons. The number of benzene rings is 2. The van der Waals surface area contributed by atoms with Crippen molar-refractivity contribution in [2.24, 2.45) is 0 Å². The van der Waals surface area contributed by atoms with Gasteiger partial charge in [-0.2, -0.15) is 5.43 Å². The van der Waals surface area contributed by atoms with Crippen LogP contribution in [0.15, 0.2) is 53.0 Å². The zero-order valence-electron chi connectivity index (χ0n) is 11.9. The van der Waals surface area contributed by atoms with E-state index in [1.54, 1.807) is 0 Å². The van der Waals surface area contributed by atoms with Gasteiger partial charge in [-0.25, -0.2) is 5.01 Å². The molecule has 1 aliphatic rings. The first-order valence-corrected chi connectivity index (χ1v) is 7.91. The molecule has 2 N–H and O–H groups in total. The smallest absolute Gasteiger partial charge is 0.190 e. The Morgan fingerprint density at radius 2 is 1.76 bits per heavy atom. The van der Waals surface area contributed by atoms with Gasteiger partial charge in [-0.05, 0) is 44.3 Å². The van der Waals surface area contributed by atoms with Crippen molar-refractivity contribution in [2.45, 2.75) is 19.5 Å². The van der Waals surface area contributed by atoms with E-state index in [-0.39, 0.29) is 0 Å². The lowest BCUT2D eigenvalue weighted by Gasteiger charge is -2.27. The van der Waals surface area contributed by atoms with Crippen LogP contribution in [0, 0.1) is 6.92 Å². The van der Waals surface area contributed by atoms with Gasteiger partial charge in [0.2, 0.25) is 0 Å². The van der Waals surface area contributed by atoms with Crippen molar-refractivity contribution in [1.82, 2.24) is 10.7 Å². The predicted molar refractivity (Wildman–Crippen MR) is 94.0 cm³/mol. The summed E-state index contributed by atoms with van der Waals surface area (Å²) in [6.07, 6.45) is 0. The third-order valence-corrected chi connectivity index (χ3v) is 4.58. The molecule has 21 heavy (non-hydrogen) atoms. The molecule has 0 aromatic heterocycles. The number of anilines is 1. The summed E-state index contributed by atoms with van der Waals surface area (Å²) in [5.74, 6) is 0. The highest BCUT2D eigenvalue weighted by Crippen LogP contribution is 2.31. The second-order valence-electron chi connectivity index (χ2n) is 5.32. The monoisotopic (exact) mass is 361 g/mol. The first-order valence-electron chi connectivity index (χ1n) is 6.71. The number of rotatable bonds is 2. The minimum absolute atomic E-state index is 0.442. The normalized spacial score (nSPS) is 21.5. The molecule has 2 aromatic carbocycles. The lowest BCUT2D eigenvalue weighted by Crippen LogP contribution is -2.46. The van der Waals surface area contributed by atoms with Crippen LogP contribution in [0.2, 0.25) is 0 Å². The van der Waals surface area contributed by atoms with Gasteiger partial charge < -0.3 is 5.32 Å². The molecule has 0 spiro atoms. The molecule has 0 bridgehead atoms. The Kier molecular flexibility index (Phi) is 3.73. The largest absolute Gasteiger partial charge is 0.338 e. The fourth-order valence-electron chi connectivity index (χ4n) is 2.44. The third-order valence-electron chi connectivity index (χ3n) is 3.60. The Bertz CT molecular complexity index is 686. The van der Waals surface area contributed by atoms with Crippen LogP contribution >= 0.6 is 28.1 Å². The average Bonchev–Trinajstić information content (AvgIpc) is 2.76. The summed E-state index contributed by atoms with van der Waals surface area (Å²) >= 11 is 9.09. The topological polar surface area (TPSA) is 27.3 Å². The molecule has 3 nitrogen and oxygen atoms in total. The number of hydrazine groups is 1. The SMILES string of the molecule is Cc1ccc(N2NC(C)(c3ccccc3Br)NC2=S)cc1. The van der Waals surface area contributed by atoms with E-state index in [4.69, 9.17) is 12.2 Å². The van der Waals surface area contributed by atoms with Crippen LogP contribution in [0.4, 0.5) is 5.69 Å². The number of thiocarbonyl (C=S) groups is 1. The Hall–Kier alpha value is -1.43. The van der Waals surface area contributed by atoms with E-state index >= 15 is 0 Å². The van der Waals surface area contributed by atoms with Gasteiger partial charge in [0.05, 0.1) is 5.69 Å². The fourth-order valence-corrected chi connectivity index (χ4v) is 3.48. The summed E-state index contributed by atoms with van der Waals surface area (Å²) in [5, 5.41) is 5.94. The van der Waals surface area contributed by atoms with E-state index in [1.165, 1.54) is 5.56 Å². The van der Waals surface area contributed by atoms with Gasteiger partial charge in [0.15, 0.2) is 5.11 Å². The lowest BCUT2D eigenvalue weighted by molar-refractivity contribution is 0.388. The van der Waals surface area contributed by atoms with Crippen LogP contribution in [0.25, 0.3) is 0 Å². The van der Waals surface area contributed by atoms with E-state index in [1.807, 2.05) is 23.2 Å². The minimum Gasteiger partial charge on any atom is -0.338 e. The molecule has 0 aliphatic carbocycles. The highest BCUT2D eigenvalue weighted by molar-refractivity contribution is 9.10. The number of nitrogens with zero attached hydrogens (tertiary/aromatic N) is 1. The quantitative estimate of drug-likeness (QED) is 0.794. The first kappa shape index (κ1) is 14.5. The summed E-state index contributed by atoms with van der Waals surface area (Å²) in [4.78, 5) is 0. The van der Waals surface area contributed by atoms with Crippen molar-refractivity contribution in [1.29, 1.82) is 0 Å². The minimum atomic E-state index is -0.442. The second-order valence-corrected chi connectivity index (χ2v) is 6.56. The highest BCUT2D eigenvalue weighted by atomic mass is 79.9. The van der Waals surface area contributed by atoms with Crippen LogP contribution in [-0.2, 0) is 5.66 Å². The molecule has 0 saturated carbocycles. The van der Waals surface area contributed by atoms with E-state index < -0.39 is 5.66 Å². The Morgan fingerprint density at radius 3 is 2.43 bits per heavy atom. The fraction of sp³-hybridized carbons (Fsp3) is 0.188. The number of hydrogen-bond acceptors (Lipinski definition) is 2. The molecule has 2 aromatic rings. The van der Waals surface area contributed by atoms with Crippen LogP contribution < -0.4 is 15.8 Å². The summed E-state index contributed by atoms with van der Waals surface area (Å²) in [6.45, 7) is 4.15. The molecule has 0 amide bonds. The summed E-state index contributed by atoms with van der Waals surface area (Å²) in [6, 6.07) is 16.4. The zero-order valence-corrected chi connectivity index (χ0v) is 14.3. The molecule has 5 heteroatoms. The number of nitrogens with one attached hydrogen (secondary N) is 2. The maximum absolute atomic E-state index is 5.48. The van der Waals surface area contributed by atoms with Crippen LogP contribution in [0.1, 0.15) is 18.1 Å². The van der Waals surface area contributed by atoms with Crippen molar-refractivity contribution in [3.05, 3.63) is 64.1 Å². The molecule has 3 rings (SSSR count). The molecule has 108 valence electrons. The van der Waals surface area contributed by atoms with Gasteiger partial charge in [-0.15, -0.1) is 0 Å². The number of hydrogen-bond donors (Lipinski definition) is 2. The molecular weight excluding hydrogens is 346 g/mol. The van der Waals surface area contributed by atoms with Gasteiger partial charge in [0.1, 0.15) is 5.66 Å². The number of aryl methyl sites for hydroxylation is 1. The third kappa shape index (κ3) is 2.69. The maximum atomic E-state index is 5.48. The van der Waals surface area contributed by atoms with Crippen molar-refractivity contribution in [3.63, 3.8) is 0 Å². The van der Waals surface area contributed by atoms with Gasteiger partial charge >= 0.3 is 0 Å². The van der Waals surface area contributed by atoms with Crippen molar-refractivity contribution >= 4 is 38.9 Å². The molecule has 1 heterocycles. The van der Waals surface area contributed by atoms with Gasteiger partial charge in [-0.3, -0.25) is 0 Å². The van der Waals surface area contributed by atoms with Crippen LogP contribution in [0.5, 0.6) is 0 Å². The lowest BCUT2D eigenvalue weighted by atomic mass is 10.0. The average molecular weight is 362 g/mol. The maximum Gasteiger partial charge on any atom is 0.190 e. The Morgan fingerprint density at radius 1 is 1.10 bits per heavy atom. The molecule has 1 fully saturated rings. The Balaban J connectivity index is 1.94. The number of halogens is 1. The summed E-state index contributed by atoms with van der Waals surface area (Å²) in [5.41, 5.74) is 6.38. The van der Waals surface area contributed by atoms with E-state index in [0.29, 0.717) is 5.11 Å². The second kappa shape index (κ2) is 5.40. The van der Waals surface area contributed by atoms with E-state index in [2.05, 4.69) is 70.9 Å². The molecule has 1 saturated heterocycles. The first-order chi connectivity index (χ1) is 9.99. The van der Waals surface area contributed by atoms with Crippen molar-refractivity contribution < 1.29 is 0 Å². The van der Waals surface area contributed by atoms with E-state index in [0.717, 1.165) is 15.7 Å². The predicted octanol–water partition coefficient (Wildman–Crippen LogP) is 3.83. The Labute approximate surface area is 138 Å².